The standard InChI is InChI=1S/C6H13N2O2/c7-4-2-1-3-6(5-9)8-10/h6,8,10H,1-4,7H2. The maximum Gasteiger partial charge on any atom is 0.219 e. The second-order valence-corrected chi connectivity index (χ2v) is 2.08. The third kappa shape index (κ3) is 4.43. The zero-order chi connectivity index (χ0) is 7.82. The average Bonchev–Trinajstić information content (AvgIpc) is 1.99. The van der Waals surface area contributed by atoms with E-state index >= 15 is 0 Å². The van der Waals surface area contributed by atoms with Crippen molar-refractivity contribution in [2.75, 3.05) is 6.54 Å². The molecule has 1 unspecified atom stereocenters. The monoisotopic (exact) mass is 145 g/mol. The Hall–Kier alpha value is -0.450. The van der Waals surface area contributed by atoms with Gasteiger partial charge in [0.1, 0.15) is 0 Å². The highest BCUT2D eigenvalue weighted by molar-refractivity contribution is 5.57. The summed E-state index contributed by atoms with van der Waals surface area (Å²) in [5.41, 5.74) is 7.06. The summed E-state index contributed by atoms with van der Waals surface area (Å²) < 4.78 is 0. The Morgan fingerprint density at radius 3 is 2.70 bits per heavy atom. The van der Waals surface area contributed by atoms with Crippen LogP contribution in [0.2, 0.25) is 0 Å². The molecule has 0 amide bonds. The van der Waals surface area contributed by atoms with Gasteiger partial charge in [0.05, 0.1) is 6.04 Å². The molecule has 1 radical (unpaired) electrons. The summed E-state index contributed by atoms with van der Waals surface area (Å²) in [7, 11) is 0. The number of unbranched alkanes of at least 4 members (excludes halogenated alkanes) is 1. The molecule has 0 rings (SSSR count). The molecule has 59 valence electrons. The summed E-state index contributed by atoms with van der Waals surface area (Å²) in [6.07, 6.45) is 3.97. The van der Waals surface area contributed by atoms with Crippen molar-refractivity contribution in [3.63, 3.8) is 0 Å². The van der Waals surface area contributed by atoms with Crippen molar-refractivity contribution in [1.82, 2.24) is 5.48 Å². The Kier molecular flexibility index (Phi) is 6.37. The lowest BCUT2D eigenvalue weighted by Gasteiger charge is -2.04. The first kappa shape index (κ1) is 9.55. The quantitative estimate of drug-likeness (QED) is 0.350. The van der Waals surface area contributed by atoms with Gasteiger partial charge in [0, 0.05) is 0 Å². The number of nitrogens with two attached hydrogens (primary N) is 1. The highest BCUT2D eigenvalue weighted by atomic mass is 16.5. The summed E-state index contributed by atoms with van der Waals surface area (Å²) >= 11 is 0. The number of nitrogens with one attached hydrogen (secondary N) is 1. The van der Waals surface area contributed by atoms with Crippen LogP contribution in [0, 0.1) is 0 Å². The fourth-order valence-electron chi connectivity index (χ4n) is 0.643. The topological polar surface area (TPSA) is 75.4 Å². The van der Waals surface area contributed by atoms with Crippen LogP contribution in [0.4, 0.5) is 0 Å². The summed E-state index contributed by atoms with van der Waals surface area (Å²) in [6.45, 7) is 0.622. The van der Waals surface area contributed by atoms with Crippen LogP contribution in [-0.2, 0) is 4.79 Å². The van der Waals surface area contributed by atoms with Gasteiger partial charge in [-0.1, -0.05) is 6.42 Å². The smallest absolute Gasteiger partial charge is 0.219 e. The number of hydroxylamine groups is 1. The zero-order valence-electron chi connectivity index (χ0n) is 5.84. The van der Waals surface area contributed by atoms with Gasteiger partial charge in [-0.25, -0.2) is 0 Å². The average molecular weight is 145 g/mol. The largest absolute Gasteiger partial charge is 0.330 e. The zero-order valence-corrected chi connectivity index (χ0v) is 5.84. The molecular formula is C6H13N2O2. The lowest BCUT2D eigenvalue weighted by atomic mass is 10.1. The van der Waals surface area contributed by atoms with Crippen molar-refractivity contribution < 1.29 is 10.0 Å². The van der Waals surface area contributed by atoms with Gasteiger partial charge in [-0.2, -0.15) is 5.48 Å². The molecule has 0 heterocycles. The van der Waals surface area contributed by atoms with Crippen molar-refractivity contribution in [3.8, 4) is 0 Å². The van der Waals surface area contributed by atoms with Crippen LogP contribution in [0.3, 0.4) is 0 Å². The van der Waals surface area contributed by atoms with Gasteiger partial charge in [-0.15, -0.1) is 0 Å². The fourth-order valence-corrected chi connectivity index (χ4v) is 0.643. The van der Waals surface area contributed by atoms with E-state index in [-0.39, 0.29) is 0 Å². The van der Waals surface area contributed by atoms with Gasteiger partial charge >= 0.3 is 0 Å². The van der Waals surface area contributed by atoms with Crippen molar-refractivity contribution in [1.29, 1.82) is 0 Å². The molecule has 0 aliphatic rings. The normalized spacial score (nSPS) is 13.0. The Balaban J connectivity index is 3.17. The molecule has 4 heteroatoms. The molecule has 0 aliphatic heterocycles. The highest BCUT2D eigenvalue weighted by Crippen LogP contribution is 1.96. The molecule has 0 bridgehead atoms. The van der Waals surface area contributed by atoms with E-state index in [0.29, 0.717) is 13.0 Å². The van der Waals surface area contributed by atoms with E-state index in [2.05, 4.69) is 0 Å². The molecule has 0 aliphatic carbocycles. The van der Waals surface area contributed by atoms with Gasteiger partial charge in [0.25, 0.3) is 0 Å². The van der Waals surface area contributed by atoms with E-state index in [0.717, 1.165) is 12.8 Å². The third-order valence-electron chi connectivity index (χ3n) is 1.25. The van der Waals surface area contributed by atoms with Crippen molar-refractivity contribution in [2.45, 2.75) is 25.3 Å². The third-order valence-corrected chi connectivity index (χ3v) is 1.25. The molecule has 4 nitrogen and oxygen atoms in total. The summed E-state index contributed by atoms with van der Waals surface area (Å²) in [5.74, 6) is 0. The Morgan fingerprint density at radius 2 is 2.30 bits per heavy atom. The SMILES string of the molecule is NCCCCC([C]=O)NO. The molecule has 4 N–H and O–H groups in total. The number of carbonyl (C=O) groups excluding carboxylic acids is 1. The fraction of sp³-hybridized carbons (Fsp3) is 0.833. The Bertz CT molecular complexity index is 87.8. The molecular weight excluding hydrogens is 132 g/mol. The van der Waals surface area contributed by atoms with Crippen LogP contribution in [0.15, 0.2) is 0 Å². The maximum absolute atomic E-state index is 9.95. The Morgan fingerprint density at radius 1 is 1.60 bits per heavy atom. The van der Waals surface area contributed by atoms with Crippen LogP contribution < -0.4 is 11.2 Å². The molecule has 1 atom stereocenters. The van der Waals surface area contributed by atoms with E-state index in [9.17, 15) is 4.79 Å². The van der Waals surface area contributed by atoms with E-state index in [1.54, 1.807) is 6.29 Å². The second-order valence-electron chi connectivity index (χ2n) is 2.08. The lowest BCUT2D eigenvalue weighted by Crippen LogP contribution is -2.27. The number of hydrogen-bond donors (Lipinski definition) is 3. The first-order chi connectivity index (χ1) is 4.85. The van der Waals surface area contributed by atoms with Crippen LogP contribution in [0.1, 0.15) is 19.3 Å². The number of hydrogen-bond acceptors (Lipinski definition) is 4. The minimum Gasteiger partial charge on any atom is -0.330 e. The van der Waals surface area contributed by atoms with Crippen LogP contribution in [0.5, 0.6) is 0 Å². The molecule has 0 aromatic heterocycles. The highest BCUT2D eigenvalue weighted by Gasteiger charge is 2.03. The van der Waals surface area contributed by atoms with Crippen molar-refractivity contribution in [2.24, 2.45) is 5.73 Å². The van der Waals surface area contributed by atoms with Gasteiger partial charge in [-0.3, -0.25) is 4.79 Å². The van der Waals surface area contributed by atoms with Gasteiger partial charge in [0.15, 0.2) is 0 Å². The van der Waals surface area contributed by atoms with Crippen LogP contribution in [0.25, 0.3) is 0 Å². The van der Waals surface area contributed by atoms with Gasteiger partial charge in [-0.05, 0) is 19.4 Å². The van der Waals surface area contributed by atoms with Gasteiger partial charge in [0.2, 0.25) is 6.29 Å². The van der Waals surface area contributed by atoms with Gasteiger partial charge < -0.3 is 10.9 Å². The molecule has 0 saturated heterocycles. The predicted molar refractivity (Wildman–Crippen MR) is 37.3 cm³/mol. The van der Waals surface area contributed by atoms with Crippen molar-refractivity contribution in [3.05, 3.63) is 0 Å². The minimum atomic E-state index is -0.549. The minimum absolute atomic E-state index is 0.549. The summed E-state index contributed by atoms with van der Waals surface area (Å²) in [6, 6.07) is -0.549. The summed E-state index contributed by atoms with van der Waals surface area (Å²) in [4.78, 5) is 9.95. The summed E-state index contributed by atoms with van der Waals surface area (Å²) in [5, 5.41) is 8.28. The molecule has 0 aromatic carbocycles. The van der Waals surface area contributed by atoms with E-state index in [4.69, 9.17) is 10.9 Å². The molecule has 0 spiro atoms. The first-order valence-corrected chi connectivity index (χ1v) is 3.32. The van der Waals surface area contributed by atoms with Crippen LogP contribution >= 0.6 is 0 Å². The number of rotatable bonds is 6. The molecule has 0 aromatic rings. The maximum atomic E-state index is 9.95. The second kappa shape index (κ2) is 6.67. The Labute approximate surface area is 60.4 Å². The molecule has 0 saturated carbocycles. The first-order valence-electron chi connectivity index (χ1n) is 3.32. The van der Waals surface area contributed by atoms with Crippen molar-refractivity contribution >= 4 is 6.29 Å². The molecule has 10 heavy (non-hydrogen) atoms. The lowest BCUT2D eigenvalue weighted by molar-refractivity contribution is 0.144. The van der Waals surface area contributed by atoms with E-state index in [1.165, 1.54) is 0 Å². The molecule has 0 fully saturated rings. The predicted octanol–water partition coefficient (Wildman–Crippen LogP) is -0.427. The van der Waals surface area contributed by atoms with Crippen LogP contribution in [-0.4, -0.2) is 24.1 Å². The van der Waals surface area contributed by atoms with E-state index < -0.39 is 6.04 Å². The van der Waals surface area contributed by atoms with E-state index in [1.807, 2.05) is 5.48 Å².